The van der Waals surface area contributed by atoms with Crippen LogP contribution in [-0.2, 0) is 6.42 Å². The van der Waals surface area contributed by atoms with Gasteiger partial charge in [0.05, 0.1) is 11.6 Å². The monoisotopic (exact) mass is 451 g/mol. The van der Waals surface area contributed by atoms with Gasteiger partial charge in [-0.3, -0.25) is 9.88 Å². The molecule has 2 atom stereocenters. The van der Waals surface area contributed by atoms with E-state index in [0.717, 1.165) is 25.0 Å². The number of likely N-dealkylation sites (tertiary alicyclic amines) is 1. The Morgan fingerprint density at radius 2 is 1.73 bits per heavy atom. The second kappa shape index (κ2) is 10.1. The van der Waals surface area contributed by atoms with E-state index < -0.39 is 0 Å². The first-order valence-corrected chi connectivity index (χ1v) is 11.2. The van der Waals surface area contributed by atoms with E-state index >= 15 is 0 Å². The van der Waals surface area contributed by atoms with E-state index in [1.807, 2.05) is 12.3 Å². The van der Waals surface area contributed by atoms with Crippen molar-refractivity contribution in [2.24, 2.45) is 11.3 Å². The van der Waals surface area contributed by atoms with Crippen molar-refractivity contribution >= 4 is 35.7 Å². The Balaban J connectivity index is 0.00000128. The molecule has 30 heavy (non-hydrogen) atoms. The number of nitrogens with zero attached hydrogens (tertiary/aromatic N) is 2. The zero-order valence-corrected chi connectivity index (χ0v) is 19.3. The number of rotatable bonds is 3. The smallest absolute Gasteiger partial charge is 0.0710 e. The second-order valence-corrected chi connectivity index (χ2v) is 9.45. The first kappa shape index (κ1) is 23.7. The quantitative estimate of drug-likeness (QED) is 0.732. The topological polar surface area (TPSA) is 48.4 Å². The molecule has 0 radical (unpaired) electrons. The molecule has 1 saturated carbocycles. The largest absolute Gasteiger partial charge is 0.391 e. The SMILES string of the molecule is Cl.Cl.O[C@@H]1CN(C2CCC3(CCNCC3)CC2)C[C@H]1Cc1ccnc2ccccc12. The van der Waals surface area contributed by atoms with Crippen molar-refractivity contribution in [1.82, 2.24) is 15.2 Å². The lowest BCUT2D eigenvalue weighted by Gasteiger charge is -2.45. The summed E-state index contributed by atoms with van der Waals surface area (Å²) in [7, 11) is 0. The lowest BCUT2D eigenvalue weighted by molar-refractivity contribution is 0.0688. The number of pyridine rings is 1. The van der Waals surface area contributed by atoms with Gasteiger partial charge in [0.1, 0.15) is 0 Å². The number of nitrogens with one attached hydrogen (secondary N) is 1. The zero-order valence-electron chi connectivity index (χ0n) is 17.6. The third-order valence-electron chi connectivity index (χ3n) is 7.85. The first-order valence-electron chi connectivity index (χ1n) is 11.2. The van der Waals surface area contributed by atoms with Crippen LogP contribution in [0.25, 0.3) is 10.9 Å². The van der Waals surface area contributed by atoms with Crippen LogP contribution in [0.2, 0.25) is 0 Å². The molecule has 1 aromatic carbocycles. The highest BCUT2D eigenvalue weighted by Gasteiger charge is 2.41. The number of β-amino-alcohol motifs (C(OH)–C–C–N with tert-alkyl or cyclic N) is 1. The molecule has 1 aromatic heterocycles. The molecule has 1 aliphatic carbocycles. The number of aliphatic hydroxyl groups is 1. The molecule has 2 aliphatic heterocycles. The first-order chi connectivity index (χ1) is 13.7. The normalized spacial score (nSPS) is 27.0. The van der Waals surface area contributed by atoms with Crippen LogP contribution in [0.5, 0.6) is 0 Å². The van der Waals surface area contributed by atoms with Crippen LogP contribution in [0.4, 0.5) is 0 Å². The summed E-state index contributed by atoms with van der Waals surface area (Å²) in [6.45, 7) is 4.30. The lowest BCUT2D eigenvalue weighted by Crippen LogP contribution is -2.44. The minimum atomic E-state index is -0.207. The van der Waals surface area contributed by atoms with Gasteiger partial charge in [-0.15, -0.1) is 24.8 Å². The summed E-state index contributed by atoms with van der Waals surface area (Å²) in [5, 5.41) is 15.6. The maximum absolute atomic E-state index is 10.8. The van der Waals surface area contributed by atoms with Gasteiger partial charge in [0.2, 0.25) is 0 Å². The molecule has 0 bridgehead atoms. The molecular formula is C24H35Cl2N3O. The Hall–Kier alpha value is -0.910. The van der Waals surface area contributed by atoms with Crippen LogP contribution in [0.3, 0.4) is 0 Å². The number of hydrogen-bond donors (Lipinski definition) is 2. The molecule has 3 fully saturated rings. The minimum absolute atomic E-state index is 0. The van der Waals surface area contributed by atoms with Crippen LogP contribution in [0.15, 0.2) is 36.5 Å². The molecule has 0 amide bonds. The summed E-state index contributed by atoms with van der Waals surface area (Å²) in [6, 6.07) is 11.2. The molecule has 166 valence electrons. The number of fused-ring (bicyclic) bond motifs is 1. The predicted octanol–water partition coefficient (Wildman–Crippen LogP) is 4.23. The van der Waals surface area contributed by atoms with Crippen molar-refractivity contribution in [2.45, 2.75) is 57.1 Å². The molecule has 6 heteroatoms. The number of benzene rings is 1. The van der Waals surface area contributed by atoms with Crippen LogP contribution in [0, 0.1) is 11.3 Å². The summed E-state index contributed by atoms with van der Waals surface area (Å²) in [4.78, 5) is 7.09. The summed E-state index contributed by atoms with van der Waals surface area (Å²) >= 11 is 0. The van der Waals surface area contributed by atoms with Gasteiger partial charge in [0.25, 0.3) is 0 Å². The van der Waals surface area contributed by atoms with Gasteiger partial charge in [0, 0.05) is 36.6 Å². The van der Waals surface area contributed by atoms with Gasteiger partial charge in [-0.1, -0.05) is 18.2 Å². The fourth-order valence-corrected chi connectivity index (χ4v) is 6.04. The molecule has 5 rings (SSSR count). The molecule has 4 nitrogen and oxygen atoms in total. The highest BCUT2D eigenvalue weighted by Crippen LogP contribution is 2.45. The summed E-state index contributed by atoms with van der Waals surface area (Å²) in [6.07, 6.45) is 10.8. The van der Waals surface area contributed by atoms with E-state index in [1.165, 1.54) is 62.6 Å². The lowest BCUT2D eigenvalue weighted by atomic mass is 9.67. The fraction of sp³-hybridized carbons (Fsp3) is 0.625. The van der Waals surface area contributed by atoms with E-state index in [9.17, 15) is 5.11 Å². The highest BCUT2D eigenvalue weighted by molar-refractivity contribution is 5.85. The van der Waals surface area contributed by atoms with Gasteiger partial charge in [-0.25, -0.2) is 0 Å². The number of halogens is 2. The van der Waals surface area contributed by atoms with E-state index in [-0.39, 0.29) is 30.9 Å². The predicted molar refractivity (Wildman–Crippen MR) is 128 cm³/mol. The molecule has 2 saturated heterocycles. The molecule has 3 aliphatic rings. The van der Waals surface area contributed by atoms with Gasteiger partial charge in [0.15, 0.2) is 0 Å². The number of hydrogen-bond acceptors (Lipinski definition) is 4. The van der Waals surface area contributed by atoms with Crippen molar-refractivity contribution in [2.75, 3.05) is 26.2 Å². The summed E-state index contributed by atoms with van der Waals surface area (Å²) in [5.74, 6) is 0.334. The van der Waals surface area contributed by atoms with Crippen molar-refractivity contribution < 1.29 is 5.11 Å². The minimum Gasteiger partial charge on any atom is -0.391 e. The van der Waals surface area contributed by atoms with Crippen molar-refractivity contribution in [3.05, 3.63) is 42.1 Å². The Bertz CT molecular complexity index is 812. The van der Waals surface area contributed by atoms with Crippen LogP contribution in [0.1, 0.15) is 44.1 Å². The van der Waals surface area contributed by atoms with Crippen molar-refractivity contribution in [3.63, 3.8) is 0 Å². The molecule has 2 aromatic rings. The van der Waals surface area contributed by atoms with E-state index in [1.54, 1.807) is 0 Å². The molecule has 2 N–H and O–H groups in total. The van der Waals surface area contributed by atoms with Crippen molar-refractivity contribution in [1.29, 1.82) is 0 Å². The number of aliphatic hydroxyl groups excluding tert-OH is 1. The highest BCUT2D eigenvalue weighted by atomic mass is 35.5. The second-order valence-electron chi connectivity index (χ2n) is 9.45. The summed E-state index contributed by atoms with van der Waals surface area (Å²) < 4.78 is 0. The fourth-order valence-electron chi connectivity index (χ4n) is 6.04. The van der Waals surface area contributed by atoms with Crippen LogP contribution < -0.4 is 5.32 Å². The molecule has 0 unspecified atom stereocenters. The Morgan fingerprint density at radius 3 is 2.50 bits per heavy atom. The van der Waals surface area contributed by atoms with Crippen LogP contribution >= 0.6 is 24.8 Å². The standard InChI is InChI=1S/C24H33N3O.2ClH/c28-23-17-27(20-5-8-24(9-6-20)10-13-25-14-11-24)16-19(23)15-18-7-12-26-22-4-2-1-3-21(18)22;;/h1-4,7,12,19-20,23,25,28H,5-6,8-11,13-17H2;2*1H/t19-,23-;;/m1../s1. The van der Waals surface area contributed by atoms with Gasteiger partial charge in [-0.05, 0) is 81.1 Å². The third kappa shape index (κ3) is 4.78. The Kier molecular flexibility index (Phi) is 8.03. The zero-order chi connectivity index (χ0) is 19.0. The Labute approximate surface area is 192 Å². The number of piperidine rings is 1. The average molecular weight is 452 g/mol. The Morgan fingerprint density at radius 1 is 1.00 bits per heavy atom. The van der Waals surface area contributed by atoms with E-state index in [4.69, 9.17) is 0 Å². The van der Waals surface area contributed by atoms with Gasteiger partial charge in [-0.2, -0.15) is 0 Å². The molecule has 3 heterocycles. The van der Waals surface area contributed by atoms with E-state index in [0.29, 0.717) is 17.4 Å². The van der Waals surface area contributed by atoms with Crippen LogP contribution in [-0.4, -0.2) is 53.3 Å². The maximum atomic E-state index is 10.8. The maximum Gasteiger partial charge on any atom is 0.0710 e. The third-order valence-corrected chi connectivity index (χ3v) is 7.85. The number of para-hydroxylation sites is 1. The van der Waals surface area contributed by atoms with Gasteiger partial charge < -0.3 is 10.4 Å². The van der Waals surface area contributed by atoms with Gasteiger partial charge >= 0.3 is 0 Å². The average Bonchev–Trinajstić information content (AvgIpc) is 3.10. The van der Waals surface area contributed by atoms with Crippen molar-refractivity contribution in [3.8, 4) is 0 Å². The molecule has 1 spiro atoms. The number of aromatic nitrogens is 1. The summed E-state index contributed by atoms with van der Waals surface area (Å²) in [5.41, 5.74) is 3.01. The molecular weight excluding hydrogens is 417 g/mol. The van der Waals surface area contributed by atoms with E-state index in [2.05, 4.69) is 39.5 Å².